The molecule has 0 saturated carbocycles. The lowest BCUT2D eigenvalue weighted by Crippen LogP contribution is -1.97. The molecule has 1 aromatic heterocycles. The van der Waals surface area contributed by atoms with Gasteiger partial charge in [0.2, 0.25) is 5.88 Å². The lowest BCUT2D eigenvalue weighted by Gasteiger charge is -2.06. The molecule has 18 heavy (non-hydrogen) atoms. The second-order valence-electron chi connectivity index (χ2n) is 3.68. The van der Waals surface area contributed by atoms with Gasteiger partial charge in [-0.1, -0.05) is 12.1 Å². The van der Waals surface area contributed by atoms with E-state index in [9.17, 15) is 4.79 Å². The molecule has 0 amide bonds. The molecule has 0 atom stereocenters. The number of carbonyl (C=O) groups excluding carboxylic acids is 1. The number of methoxy groups -OCH3 is 1. The molecule has 0 aliphatic carbocycles. The molecule has 2 rings (SSSR count). The zero-order valence-corrected chi connectivity index (χ0v) is 10.00. The van der Waals surface area contributed by atoms with Crippen molar-refractivity contribution in [2.75, 3.05) is 7.11 Å². The lowest BCUT2D eigenvalue weighted by atomic mass is 10.2. The van der Waals surface area contributed by atoms with Crippen molar-refractivity contribution in [1.82, 2.24) is 4.98 Å². The first-order chi connectivity index (χ1) is 8.81. The number of carbonyl (C=O) groups is 1. The third-order valence-electron chi connectivity index (χ3n) is 2.44. The van der Waals surface area contributed by atoms with Gasteiger partial charge < -0.3 is 9.47 Å². The van der Waals surface area contributed by atoms with E-state index >= 15 is 0 Å². The van der Waals surface area contributed by atoms with Crippen molar-refractivity contribution in [2.24, 2.45) is 0 Å². The van der Waals surface area contributed by atoms with Crippen molar-refractivity contribution in [3.05, 3.63) is 53.7 Å². The van der Waals surface area contributed by atoms with E-state index in [4.69, 9.17) is 9.47 Å². The Morgan fingerprint density at radius 2 is 1.94 bits per heavy atom. The molecule has 0 bridgehead atoms. The zero-order chi connectivity index (χ0) is 12.8. The molecule has 92 valence electrons. The average molecular weight is 243 g/mol. The standard InChI is InChI=1S/C14H13NO3/c1-17-13-5-2-11(3-6-13)10-18-14-7-4-12(9-16)8-15-14/h2-9H,10H2,1H3. The van der Waals surface area contributed by atoms with Gasteiger partial charge in [0.05, 0.1) is 7.11 Å². The number of benzene rings is 1. The van der Waals surface area contributed by atoms with E-state index in [2.05, 4.69) is 4.98 Å². The van der Waals surface area contributed by atoms with Crippen LogP contribution in [0.15, 0.2) is 42.6 Å². The number of nitrogens with zero attached hydrogens (tertiary/aromatic N) is 1. The second-order valence-corrected chi connectivity index (χ2v) is 3.68. The highest BCUT2D eigenvalue weighted by molar-refractivity contribution is 5.73. The summed E-state index contributed by atoms with van der Waals surface area (Å²) in [7, 11) is 1.63. The van der Waals surface area contributed by atoms with Gasteiger partial charge in [0.25, 0.3) is 0 Å². The molecule has 4 nitrogen and oxygen atoms in total. The molecule has 0 aliphatic rings. The molecule has 0 aliphatic heterocycles. The number of ether oxygens (including phenoxy) is 2. The summed E-state index contributed by atoms with van der Waals surface area (Å²) in [6.45, 7) is 0.428. The minimum Gasteiger partial charge on any atom is -0.497 e. The van der Waals surface area contributed by atoms with Crippen LogP contribution < -0.4 is 9.47 Å². The van der Waals surface area contributed by atoms with Gasteiger partial charge in [-0.2, -0.15) is 0 Å². The summed E-state index contributed by atoms with van der Waals surface area (Å²) in [6.07, 6.45) is 2.23. The summed E-state index contributed by atoms with van der Waals surface area (Å²) in [6, 6.07) is 11.0. The average Bonchev–Trinajstić information content (AvgIpc) is 2.46. The first kappa shape index (κ1) is 12.1. The molecule has 2 aromatic rings. The largest absolute Gasteiger partial charge is 0.497 e. The highest BCUT2D eigenvalue weighted by Gasteiger charge is 1.98. The van der Waals surface area contributed by atoms with Gasteiger partial charge >= 0.3 is 0 Å². The molecule has 0 unspecified atom stereocenters. The number of aromatic nitrogens is 1. The van der Waals surface area contributed by atoms with E-state index in [-0.39, 0.29) is 0 Å². The minimum atomic E-state index is 0.428. The van der Waals surface area contributed by atoms with Crippen LogP contribution in [0.3, 0.4) is 0 Å². The van der Waals surface area contributed by atoms with Gasteiger partial charge in [-0.25, -0.2) is 4.98 Å². The molecule has 0 radical (unpaired) electrons. The van der Waals surface area contributed by atoms with Crippen LogP contribution in [0, 0.1) is 0 Å². The fourth-order valence-electron chi connectivity index (χ4n) is 1.43. The first-order valence-electron chi connectivity index (χ1n) is 5.49. The maximum absolute atomic E-state index is 10.5. The summed E-state index contributed by atoms with van der Waals surface area (Å²) in [5.74, 6) is 1.31. The molecule has 0 saturated heterocycles. The van der Waals surface area contributed by atoms with Crippen LogP contribution in [0.4, 0.5) is 0 Å². The lowest BCUT2D eigenvalue weighted by molar-refractivity contribution is 0.112. The van der Waals surface area contributed by atoms with Crippen molar-refractivity contribution in [3.63, 3.8) is 0 Å². The molecular formula is C14H13NO3. The molecular weight excluding hydrogens is 230 g/mol. The third-order valence-corrected chi connectivity index (χ3v) is 2.44. The van der Waals surface area contributed by atoms with Crippen molar-refractivity contribution in [2.45, 2.75) is 6.61 Å². The molecule has 4 heteroatoms. The van der Waals surface area contributed by atoms with Crippen LogP contribution in [-0.2, 0) is 6.61 Å². The molecule has 1 heterocycles. The Labute approximate surface area is 105 Å². The van der Waals surface area contributed by atoms with Crippen molar-refractivity contribution < 1.29 is 14.3 Å². The fraction of sp³-hybridized carbons (Fsp3) is 0.143. The predicted molar refractivity (Wildman–Crippen MR) is 67.0 cm³/mol. The Morgan fingerprint density at radius 3 is 2.50 bits per heavy atom. The van der Waals surface area contributed by atoms with Crippen molar-refractivity contribution in [3.8, 4) is 11.6 Å². The quantitative estimate of drug-likeness (QED) is 0.757. The van der Waals surface area contributed by atoms with Crippen LogP contribution in [0.25, 0.3) is 0 Å². The van der Waals surface area contributed by atoms with Gasteiger partial charge in [0, 0.05) is 17.8 Å². The summed E-state index contributed by atoms with van der Waals surface area (Å²) >= 11 is 0. The number of rotatable bonds is 5. The number of aldehydes is 1. The highest BCUT2D eigenvalue weighted by atomic mass is 16.5. The van der Waals surface area contributed by atoms with Gasteiger partial charge in [-0.15, -0.1) is 0 Å². The maximum atomic E-state index is 10.5. The van der Waals surface area contributed by atoms with Gasteiger partial charge in [0.15, 0.2) is 6.29 Å². The van der Waals surface area contributed by atoms with E-state index < -0.39 is 0 Å². The smallest absolute Gasteiger partial charge is 0.213 e. The summed E-state index contributed by atoms with van der Waals surface area (Å²) < 4.78 is 10.6. The SMILES string of the molecule is COc1ccc(COc2ccc(C=O)cn2)cc1. The Bertz CT molecular complexity index is 506. The zero-order valence-electron chi connectivity index (χ0n) is 10.00. The molecule has 0 fully saturated rings. The molecule has 1 aromatic carbocycles. The highest BCUT2D eigenvalue weighted by Crippen LogP contribution is 2.13. The maximum Gasteiger partial charge on any atom is 0.213 e. The van der Waals surface area contributed by atoms with Crippen molar-refractivity contribution >= 4 is 6.29 Å². The topological polar surface area (TPSA) is 48.4 Å². The number of hydrogen-bond acceptors (Lipinski definition) is 4. The second kappa shape index (κ2) is 5.82. The van der Waals surface area contributed by atoms with Crippen LogP contribution in [0.2, 0.25) is 0 Å². The third kappa shape index (κ3) is 3.07. The van der Waals surface area contributed by atoms with Gasteiger partial charge in [-0.05, 0) is 23.8 Å². The van der Waals surface area contributed by atoms with E-state index in [1.54, 1.807) is 19.2 Å². The Balaban J connectivity index is 1.95. The Kier molecular flexibility index (Phi) is 3.91. The molecule has 0 spiro atoms. The van der Waals surface area contributed by atoms with Crippen LogP contribution >= 0.6 is 0 Å². The Hall–Kier alpha value is -2.36. The van der Waals surface area contributed by atoms with E-state index in [1.165, 1.54) is 6.20 Å². The normalized spacial score (nSPS) is 9.83. The van der Waals surface area contributed by atoms with E-state index in [0.29, 0.717) is 18.1 Å². The predicted octanol–water partition coefficient (Wildman–Crippen LogP) is 2.48. The van der Waals surface area contributed by atoms with Crippen LogP contribution in [-0.4, -0.2) is 18.4 Å². The molecule has 0 N–H and O–H groups in total. The van der Waals surface area contributed by atoms with Gasteiger partial charge in [0.1, 0.15) is 12.4 Å². The first-order valence-corrected chi connectivity index (χ1v) is 5.49. The Morgan fingerprint density at radius 1 is 1.17 bits per heavy atom. The fourth-order valence-corrected chi connectivity index (χ4v) is 1.43. The summed E-state index contributed by atoms with van der Waals surface area (Å²) in [5.41, 5.74) is 1.56. The summed E-state index contributed by atoms with van der Waals surface area (Å²) in [5, 5.41) is 0. The van der Waals surface area contributed by atoms with Crippen molar-refractivity contribution in [1.29, 1.82) is 0 Å². The van der Waals surface area contributed by atoms with Gasteiger partial charge in [-0.3, -0.25) is 4.79 Å². The van der Waals surface area contributed by atoms with E-state index in [1.807, 2.05) is 24.3 Å². The number of pyridine rings is 1. The van der Waals surface area contributed by atoms with Crippen LogP contribution in [0.1, 0.15) is 15.9 Å². The monoisotopic (exact) mass is 243 g/mol. The number of hydrogen-bond donors (Lipinski definition) is 0. The van der Waals surface area contributed by atoms with E-state index in [0.717, 1.165) is 17.6 Å². The van der Waals surface area contributed by atoms with Crippen LogP contribution in [0.5, 0.6) is 11.6 Å². The minimum absolute atomic E-state index is 0.428. The summed E-state index contributed by atoms with van der Waals surface area (Å²) in [4.78, 5) is 14.5.